The van der Waals surface area contributed by atoms with Gasteiger partial charge in [0.15, 0.2) is 0 Å². The molecule has 0 saturated carbocycles. The van der Waals surface area contributed by atoms with E-state index in [1.54, 1.807) is 0 Å². The minimum absolute atomic E-state index is 0.386. The van der Waals surface area contributed by atoms with Gasteiger partial charge in [-0.3, -0.25) is 0 Å². The molecule has 0 heterocycles. The molecular formula is C8H13Cl3O2. The molecule has 13 heavy (non-hydrogen) atoms. The molecule has 2 nitrogen and oxygen atoms in total. The molecule has 0 saturated heterocycles. The predicted molar refractivity (Wildman–Crippen MR) is 55.6 cm³/mol. The second-order valence-electron chi connectivity index (χ2n) is 2.57. The van der Waals surface area contributed by atoms with Gasteiger partial charge in [0.25, 0.3) is 0 Å². The zero-order chi connectivity index (χ0) is 10.1. The third kappa shape index (κ3) is 8.66. The van der Waals surface area contributed by atoms with E-state index >= 15 is 0 Å². The average molecular weight is 248 g/mol. The van der Waals surface area contributed by atoms with Crippen molar-refractivity contribution in [3.05, 3.63) is 0 Å². The zero-order valence-electron chi connectivity index (χ0n) is 7.27. The van der Waals surface area contributed by atoms with Gasteiger partial charge in [-0.2, -0.15) is 0 Å². The summed E-state index contributed by atoms with van der Waals surface area (Å²) in [6.07, 6.45) is 3.91. The molecule has 0 atom stereocenters. The molecule has 0 amide bonds. The number of ether oxygens (including phenoxy) is 1. The molecule has 0 aliphatic rings. The Morgan fingerprint density at radius 3 is 2.31 bits per heavy atom. The predicted octanol–water partition coefficient (Wildman–Crippen LogP) is 3.13. The van der Waals surface area contributed by atoms with Crippen LogP contribution in [0.4, 0.5) is 0 Å². The van der Waals surface area contributed by atoms with E-state index in [0.29, 0.717) is 12.5 Å². The topological polar surface area (TPSA) is 26.3 Å². The van der Waals surface area contributed by atoms with Crippen LogP contribution in [0.5, 0.6) is 0 Å². The van der Waals surface area contributed by atoms with Crippen LogP contribution in [0.25, 0.3) is 0 Å². The first-order valence-corrected chi connectivity index (χ1v) is 5.60. The van der Waals surface area contributed by atoms with Crippen molar-refractivity contribution in [2.45, 2.75) is 30.5 Å². The minimum Gasteiger partial charge on any atom is -0.464 e. The summed E-state index contributed by atoms with van der Waals surface area (Å²) < 4.78 is 4.75. The summed E-state index contributed by atoms with van der Waals surface area (Å²) >= 11 is 16.0. The first-order valence-electron chi connectivity index (χ1n) is 4.19. The van der Waals surface area contributed by atoms with Crippen molar-refractivity contribution < 1.29 is 9.53 Å². The van der Waals surface area contributed by atoms with Crippen LogP contribution < -0.4 is 0 Å². The highest BCUT2D eigenvalue weighted by Crippen LogP contribution is 2.06. The lowest BCUT2D eigenvalue weighted by atomic mass is 10.2. The van der Waals surface area contributed by atoms with Gasteiger partial charge in [0.05, 0.1) is 6.61 Å². The van der Waals surface area contributed by atoms with Crippen LogP contribution in [0.3, 0.4) is 0 Å². The van der Waals surface area contributed by atoms with E-state index in [2.05, 4.69) is 0 Å². The molecule has 0 aliphatic heterocycles. The van der Waals surface area contributed by atoms with E-state index in [1.807, 2.05) is 0 Å². The normalized spacial score (nSPS) is 10.5. The molecule has 0 fully saturated rings. The number of hydrogen-bond acceptors (Lipinski definition) is 2. The Kier molecular flexibility index (Phi) is 9.15. The molecule has 0 radical (unpaired) electrons. The van der Waals surface area contributed by atoms with Gasteiger partial charge in [0, 0.05) is 5.88 Å². The summed E-state index contributed by atoms with van der Waals surface area (Å²) in [4.78, 5) is 9.66. The molecule has 78 valence electrons. The summed E-state index contributed by atoms with van der Waals surface area (Å²) in [5.74, 6) is 0.117. The van der Waals surface area contributed by atoms with Crippen molar-refractivity contribution in [3.63, 3.8) is 0 Å². The Morgan fingerprint density at radius 2 is 1.77 bits per heavy atom. The SMILES string of the molecule is O=C(OCCCCCCCl)C(Cl)Cl. The molecule has 0 rings (SSSR count). The zero-order valence-corrected chi connectivity index (χ0v) is 9.54. The van der Waals surface area contributed by atoms with Crippen molar-refractivity contribution in [1.82, 2.24) is 0 Å². The molecule has 0 spiro atoms. The number of alkyl halides is 3. The van der Waals surface area contributed by atoms with Gasteiger partial charge in [0.1, 0.15) is 0 Å². The highest BCUT2D eigenvalue weighted by atomic mass is 35.5. The first-order chi connectivity index (χ1) is 6.18. The van der Waals surface area contributed by atoms with Crippen molar-refractivity contribution in [2.24, 2.45) is 0 Å². The highest BCUT2D eigenvalue weighted by Gasteiger charge is 2.11. The number of halogens is 3. The summed E-state index contributed by atoms with van der Waals surface area (Å²) in [6.45, 7) is 0.386. The summed E-state index contributed by atoms with van der Waals surface area (Å²) in [7, 11) is 0. The fourth-order valence-electron chi connectivity index (χ4n) is 0.786. The second kappa shape index (κ2) is 8.92. The fourth-order valence-corrected chi connectivity index (χ4v) is 1.10. The summed E-state index contributed by atoms with van der Waals surface area (Å²) in [5, 5.41) is 0. The number of rotatable bonds is 7. The second-order valence-corrected chi connectivity index (χ2v) is 4.05. The van der Waals surface area contributed by atoms with Crippen LogP contribution in [-0.2, 0) is 9.53 Å². The van der Waals surface area contributed by atoms with Gasteiger partial charge in [-0.25, -0.2) is 4.79 Å². The number of esters is 1. The van der Waals surface area contributed by atoms with Gasteiger partial charge >= 0.3 is 5.97 Å². The van der Waals surface area contributed by atoms with Gasteiger partial charge < -0.3 is 4.74 Å². The number of unbranched alkanes of at least 4 members (excludes halogenated alkanes) is 3. The van der Waals surface area contributed by atoms with E-state index in [9.17, 15) is 4.79 Å². The molecular weight excluding hydrogens is 234 g/mol. The summed E-state index contributed by atoms with van der Waals surface area (Å²) in [5.41, 5.74) is 0. The van der Waals surface area contributed by atoms with Crippen molar-refractivity contribution in [3.8, 4) is 0 Å². The van der Waals surface area contributed by atoms with Crippen LogP contribution in [0.15, 0.2) is 0 Å². The fraction of sp³-hybridized carbons (Fsp3) is 0.875. The van der Waals surface area contributed by atoms with Crippen LogP contribution in [0, 0.1) is 0 Å². The summed E-state index contributed by atoms with van der Waals surface area (Å²) in [6, 6.07) is 0. The maximum Gasteiger partial charge on any atom is 0.339 e. The van der Waals surface area contributed by atoms with E-state index in [-0.39, 0.29) is 0 Å². The minimum atomic E-state index is -1.07. The largest absolute Gasteiger partial charge is 0.464 e. The lowest BCUT2D eigenvalue weighted by Gasteiger charge is -2.04. The van der Waals surface area contributed by atoms with Crippen molar-refractivity contribution >= 4 is 40.8 Å². The highest BCUT2D eigenvalue weighted by molar-refractivity contribution is 6.52. The van der Waals surface area contributed by atoms with Gasteiger partial charge in [-0.1, -0.05) is 36.0 Å². The first kappa shape index (κ1) is 13.3. The molecule has 0 bridgehead atoms. The average Bonchev–Trinajstić information content (AvgIpc) is 2.10. The molecule has 0 aromatic rings. The molecule has 0 N–H and O–H groups in total. The van der Waals surface area contributed by atoms with Crippen LogP contribution in [-0.4, -0.2) is 23.3 Å². The maximum absolute atomic E-state index is 10.7. The number of hydrogen-bond donors (Lipinski definition) is 0. The molecule has 0 aromatic heterocycles. The third-order valence-corrected chi connectivity index (χ3v) is 2.07. The maximum atomic E-state index is 10.7. The van der Waals surface area contributed by atoms with Crippen LogP contribution in [0.1, 0.15) is 25.7 Å². The molecule has 5 heteroatoms. The van der Waals surface area contributed by atoms with Crippen LogP contribution in [0.2, 0.25) is 0 Å². The van der Waals surface area contributed by atoms with Gasteiger partial charge in [-0.15, -0.1) is 11.6 Å². The van der Waals surface area contributed by atoms with E-state index in [1.165, 1.54) is 0 Å². The van der Waals surface area contributed by atoms with Gasteiger partial charge in [0.2, 0.25) is 4.84 Å². The number of carbonyl (C=O) groups excluding carboxylic acids is 1. The smallest absolute Gasteiger partial charge is 0.339 e. The lowest BCUT2D eigenvalue weighted by Crippen LogP contribution is -2.12. The molecule has 0 unspecified atom stereocenters. The van der Waals surface area contributed by atoms with Gasteiger partial charge in [-0.05, 0) is 12.8 Å². The molecule has 0 aromatic carbocycles. The Bertz CT molecular complexity index is 139. The van der Waals surface area contributed by atoms with Crippen molar-refractivity contribution in [1.29, 1.82) is 0 Å². The Morgan fingerprint density at radius 1 is 1.15 bits per heavy atom. The Hall–Kier alpha value is 0.340. The van der Waals surface area contributed by atoms with E-state index < -0.39 is 10.8 Å². The van der Waals surface area contributed by atoms with E-state index in [4.69, 9.17) is 39.5 Å². The third-order valence-electron chi connectivity index (χ3n) is 1.45. The van der Waals surface area contributed by atoms with Crippen molar-refractivity contribution in [2.75, 3.05) is 12.5 Å². The quantitative estimate of drug-likeness (QED) is 0.392. The standard InChI is InChI=1S/C8H13Cl3O2/c9-5-3-1-2-4-6-13-8(12)7(10)11/h7H,1-6H2. The lowest BCUT2D eigenvalue weighted by molar-refractivity contribution is -0.141. The van der Waals surface area contributed by atoms with Crippen LogP contribution >= 0.6 is 34.8 Å². The number of carbonyl (C=O) groups is 1. The Balaban J connectivity index is 3.12. The Labute approximate surface area is 93.5 Å². The monoisotopic (exact) mass is 246 g/mol. The van der Waals surface area contributed by atoms with E-state index in [0.717, 1.165) is 25.7 Å². The molecule has 0 aliphatic carbocycles.